The maximum Gasteiger partial charge on any atom is 0.416 e. The van der Waals surface area contributed by atoms with Crippen molar-refractivity contribution in [2.75, 3.05) is 5.75 Å². The lowest BCUT2D eigenvalue weighted by atomic mass is 10.1. The highest BCUT2D eigenvalue weighted by Gasteiger charge is 2.33. The summed E-state index contributed by atoms with van der Waals surface area (Å²) >= 11 is 7.34. The van der Waals surface area contributed by atoms with Gasteiger partial charge in [0.1, 0.15) is 22.9 Å². The van der Waals surface area contributed by atoms with Gasteiger partial charge in [0.05, 0.1) is 10.6 Å². The average Bonchev–Trinajstić information content (AvgIpc) is 3.15. The summed E-state index contributed by atoms with van der Waals surface area (Å²) in [4.78, 5) is 11.0. The third kappa shape index (κ3) is 3.40. The van der Waals surface area contributed by atoms with Crippen molar-refractivity contribution in [1.29, 1.82) is 0 Å². The van der Waals surface area contributed by atoms with Crippen molar-refractivity contribution < 1.29 is 27.5 Å². The quantitative estimate of drug-likeness (QED) is 0.829. The number of rotatable bonds is 3. The highest BCUT2D eigenvalue weighted by molar-refractivity contribution is 7.99. The summed E-state index contributed by atoms with van der Waals surface area (Å²) in [5.74, 6) is 0.0487. The Morgan fingerprint density at radius 1 is 1.33 bits per heavy atom. The molecule has 9 heteroatoms. The molecule has 0 saturated carbocycles. The van der Waals surface area contributed by atoms with Crippen molar-refractivity contribution in [3.63, 3.8) is 0 Å². The average molecular weight is 378 g/mol. The van der Waals surface area contributed by atoms with E-state index < -0.39 is 23.8 Å². The van der Waals surface area contributed by atoms with Crippen molar-refractivity contribution in [1.82, 2.24) is 5.32 Å². The van der Waals surface area contributed by atoms with Gasteiger partial charge in [-0.25, -0.2) is 0 Å². The van der Waals surface area contributed by atoms with E-state index >= 15 is 0 Å². The van der Waals surface area contributed by atoms with Crippen LogP contribution in [0.2, 0.25) is 5.02 Å². The molecule has 2 atom stereocenters. The van der Waals surface area contributed by atoms with E-state index in [0.717, 1.165) is 12.1 Å². The second-order valence-electron chi connectivity index (χ2n) is 5.17. The largest absolute Gasteiger partial charge is 0.480 e. The van der Waals surface area contributed by atoms with Gasteiger partial charge in [-0.1, -0.05) is 11.6 Å². The first kappa shape index (κ1) is 17.2. The van der Waals surface area contributed by atoms with Crippen molar-refractivity contribution in [2.24, 2.45) is 0 Å². The van der Waals surface area contributed by atoms with Gasteiger partial charge in [0.15, 0.2) is 0 Å². The van der Waals surface area contributed by atoms with E-state index in [-0.39, 0.29) is 21.7 Å². The fourth-order valence-electron chi connectivity index (χ4n) is 2.31. The van der Waals surface area contributed by atoms with Crippen LogP contribution in [0.4, 0.5) is 13.2 Å². The fourth-order valence-corrected chi connectivity index (χ4v) is 3.69. The normalized spacial score (nSPS) is 21.2. The summed E-state index contributed by atoms with van der Waals surface area (Å²) in [5.41, 5.74) is -0.685. The van der Waals surface area contributed by atoms with Crippen molar-refractivity contribution in [3.05, 3.63) is 46.7 Å². The number of carboxylic acids is 1. The first-order valence-electron chi connectivity index (χ1n) is 6.83. The lowest BCUT2D eigenvalue weighted by Gasteiger charge is -2.10. The predicted octanol–water partition coefficient (Wildman–Crippen LogP) is 4.41. The molecule has 1 aromatic carbocycles. The van der Waals surface area contributed by atoms with Crippen LogP contribution in [0.15, 0.2) is 34.7 Å². The minimum atomic E-state index is -4.48. The molecule has 2 heterocycles. The molecule has 0 bridgehead atoms. The Morgan fingerprint density at radius 3 is 2.71 bits per heavy atom. The van der Waals surface area contributed by atoms with Gasteiger partial charge in [0.2, 0.25) is 0 Å². The molecule has 2 unspecified atom stereocenters. The Hall–Kier alpha value is -1.64. The first-order valence-corrected chi connectivity index (χ1v) is 8.25. The summed E-state index contributed by atoms with van der Waals surface area (Å²) in [6.07, 6.45) is -4.48. The topological polar surface area (TPSA) is 62.5 Å². The van der Waals surface area contributed by atoms with E-state index in [1.807, 2.05) is 0 Å². The number of hydrogen-bond acceptors (Lipinski definition) is 4. The molecule has 0 aliphatic carbocycles. The maximum absolute atomic E-state index is 12.8. The zero-order chi connectivity index (χ0) is 17.5. The number of thioether (sulfide) groups is 1. The van der Waals surface area contributed by atoms with Crippen LogP contribution < -0.4 is 5.32 Å². The molecule has 0 amide bonds. The van der Waals surface area contributed by atoms with Gasteiger partial charge < -0.3 is 9.52 Å². The lowest BCUT2D eigenvalue weighted by molar-refractivity contribution is -0.139. The molecule has 1 fully saturated rings. The van der Waals surface area contributed by atoms with Gasteiger partial charge in [-0.2, -0.15) is 13.2 Å². The van der Waals surface area contributed by atoms with Gasteiger partial charge in [-0.05, 0) is 30.3 Å². The van der Waals surface area contributed by atoms with Crippen molar-refractivity contribution >= 4 is 29.3 Å². The minimum Gasteiger partial charge on any atom is -0.480 e. The lowest BCUT2D eigenvalue weighted by Crippen LogP contribution is -2.33. The second-order valence-corrected chi connectivity index (χ2v) is 6.71. The van der Waals surface area contributed by atoms with Gasteiger partial charge >= 0.3 is 12.1 Å². The first-order chi connectivity index (χ1) is 11.3. The second kappa shape index (κ2) is 6.34. The Morgan fingerprint density at radius 2 is 2.08 bits per heavy atom. The molecule has 0 radical (unpaired) electrons. The molecule has 2 aromatic rings. The summed E-state index contributed by atoms with van der Waals surface area (Å²) in [6.45, 7) is 0. The number of carbonyl (C=O) groups is 1. The van der Waals surface area contributed by atoms with Gasteiger partial charge in [-0.15, -0.1) is 11.8 Å². The van der Waals surface area contributed by atoms with E-state index in [4.69, 9.17) is 21.1 Å². The molecular weight excluding hydrogens is 367 g/mol. The summed E-state index contributed by atoms with van der Waals surface area (Å²) in [6, 6.07) is 5.44. The monoisotopic (exact) mass is 377 g/mol. The number of furan rings is 1. The highest BCUT2D eigenvalue weighted by atomic mass is 35.5. The number of carboxylic acid groups (broad SMARTS) is 1. The van der Waals surface area contributed by atoms with Crippen molar-refractivity contribution in [3.8, 4) is 11.3 Å². The van der Waals surface area contributed by atoms with Crippen LogP contribution in [0.25, 0.3) is 11.3 Å². The molecule has 1 saturated heterocycles. The summed E-state index contributed by atoms with van der Waals surface area (Å²) in [5, 5.41) is 11.6. The molecule has 1 aliphatic heterocycles. The Kier molecular flexibility index (Phi) is 4.54. The van der Waals surface area contributed by atoms with Gasteiger partial charge in [0.25, 0.3) is 0 Å². The Bertz CT molecular complexity index is 778. The zero-order valence-electron chi connectivity index (χ0n) is 11.9. The molecular formula is C15H11ClF3NO3S. The maximum atomic E-state index is 12.8. The van der Waals surface area contributed by atoms with Crippen LogP contribution >= 0.6 is 23.4 Å². The number of alkyl halides is 3. The van der Waals surface area contributed by atoms with Gasteiger partial charge in [0, 0.05) is 11.3 Å². The number of nitrogens with one attached hydrogen (secondary N) is 1. The number of hydrogen-bond donors (Lipinski definition) is 2. The molecule has 1 aromatic heterocycles. The molecule has 0 spiro atoms. The SMILES string of the molecule is O=C(O)C1CSC(c2ccc(-c3cc(C(F)(F)F)ccc3Cl)o2)N1. The number of aliphatic carboxylic acids is 1. The van der Waals surface area contributed by atoms with Crippen LogP contribution in [0.1, 0.15) is 16.7 Å². The standard InChI is InChI=1S/C15H11ClF3NO3S/c16-9-2-1-7(15(17,18)19)5-8(9)11-3-4-12(23-11)13-20-10(6-24-13)14(21)22/h1-5,10,13,20H,6H2,(H,21,22). The molecule has 2 N–H and O–H groups in total. The highest BCUT2D eigenvalue weighted by Crippen LogP contribution is 2.39. The predicted molar refractivity (Wildman–Crippen MR) is 83.9 cm³/mol. The zero-order valence-corrected chi connectivity index (χ0v) is 13.5. The van der Waals surface area contributed by atoms with Crippen LogP contribution in [0.5, 0.6) is 0 Å². The Labute approximate surface area is 144 Å². The number of benzene rings is 1. The van der Waals surface area contributed by atoms with E-state index in [1.54, 1.807) is 6.07 Å². The number of halogens is 4. The van der Waals surface area contributed by atoms with E-state index in [2.05, 4.69) is 5.32 Å². The van der Waals surface area contributed by atoms with Crippen LogP contribution in [-0.2, 0) is 11.0 Å². The minimum absolute atomic E-state index is 0.135. The van der Waals surface area contributed by atoms with Crippen molar-refractivity contribution in [2.45, 2.75) is 17.6 Å². The molecule has 1 aliphatic rings. The Balaban J connectivity index is 1.87. The third-order valence-corrected chi connectivity index (χ3v) is 5.08. The summed E-state index contributed by atoms with van der Waals surface area (Å²) in [7, 11) is 0. The van der Waals surface area contributed by atoms with Crippen LogP contribution in [-0.4, -0.2) is 22.9 Å². The molecule has 128 valence electrons. The molecule has 3 rings (SSSR count). The smallest absolute Gasteiger partial charge is 0.416 e. The molecule has 24 heavy (non-hydrogen) atoms. The van der Waals surface area contributed by atoms with Crippen LogP contribution in [0.3, 0.4) is 0 Å². The third-order valence-electron chi connectivity index (χ3n) is 3.52. The van der Waals surface area contributed by atoms with Crippen LogP contribution in [0, 0.1) is 0 Å². The summed E-state index contributed by atoms with van der Waals surface area (Å²) < 4.78 is 44.1. The van der Waals surface area contributed by atoms with E-state index in [0.29, 0.717) is 11.5 Å². The van der Waals surface area contributed by atoms with Gasteiger partial charge in [-0.3, -0.25) is 10.1 Å². The van der Waals surface area contributed by atoms with E-state index in [9.17, 15) is 18.0 Å². The molecule has 4 nitrogen and oxygen atoms in total. The van der Waals surface area contributed by atoms with E-state index in [1.165, 1.54) is 23.9 Å². The fraction of sp³-hybridized carbons (Fsp3) is 0.267.